The molecule has 1 aliphatic rings. The van der Waals surface area contributed by atoms with Gasteiger partial charge in [0.25, 0.3) is 5.91 Å². The fourth-order valence-corrected chi connectivity index (χ4v) is 3.47. The largest absolute Gasteiger partial charge is 0.335 e. The molecule has 1 saturated heterocycles. The summed E-state index contributed by atoms with van der Waals surface area (Å²) in [5.74, 6) is -0.654. The molecule has 1 heterocycles. The van der Waals surface area contributed by atoms with E-state index in [0.29, 0.717) is 30.8 Å². The van der Waals surface area contributed by atoms with Crippen LogP contribution in [-0.2, 0) is 11.3 Å². The lowest BCUT2D eigenvalue weighted by Gasteiger charge is -2.34. The topological polar surface area (TPSA) is 40.6 Å². The lowest BCUT2D eigenvalue weighted by Crippen LogP contribution is -2.51. The molecule has 0 aliphatic carbocycles. The molecule has 136 valence electrons. The Morgan fingerprint density at radius 2 is 1.73 bits per heavy atom. The molecule has 1 fully saturated rings. The van der Waals surface area contributed by atoms with Crippen molar-refractivity contribution in [1.29, 1.82) is 0 Å². The summed E-state index contributed by atoms with van der Waals surface area (Å²) in [6.45, 7) is 7.37. The molecule has 1 aliphatic heterocycles. The van der Waals surface area contributed by atoms with Crippen LogP contribution in [0.2, 0.25) is 0 Å². The zero-order valence-corrected chi connectivity index (χ0v) is 15.4. The number of piperazine rings is 1. The first-order valence-electron chi connectivity index (χ1n) is 8.74. The minimum Gasteiger partial charge on any atom is -0.335 e. The molecule has 2 aromatic rings. The van der Waals surface area contributed by atoms with Crippen LogP contribution in [0.3, 0.4) is 0 Å². The normalized spacial score (nSPS) is 14.7. The summed E-state index contributed by atoms with van der Waals surface area (Å²) in [6.07, 6.45) is 0. The molecule has 0 N–H and O–H groups in total. The van der Waals surface area contributed by atoms with Crippen molar-refractivity contribution < 1.29 is 14.0 Å². The van der Waals surface area contributed by atoms with Gasteiger partial charge in [0.2, 0.25) is 5.91 Å². The fraction of sp³-hybridized carbons (Fsp3) is 0.333. The molecule has 3 rings (SSSR count). The Morgan fingerprint density at radius 3 is 2.35 bits per heavy atom. The maximum Gasteiger partial charge on any atom is 0.254 e. The van der Waals surface area contributed by atoms with E-state index in [2.05, 4.69) is 18.2 Å². The number of hydrogen-bond donors (Lipinski definition) is 0. The highest BCUT2D eigenvalue weighted by Gasteiger charge is 2.28. The number of halogens is 1. The van der Waals surface area contributed by atoms with E-state index in [9.17, 15) is 14.0 Å². The highest BCUT2D eigenvalue weighted by Crippen LogP contribution is 2.17. The minimum absolute atomic E-state index is 0.0560. The summed E-state index contributed by atoms with van der Waals surface area (Å²) in [4.78, 5) is 28.5. The molecular weight excluding hydrogens is 331 g/mol. The van der Waals surface area contributed by atoms with E-state index in [1.54, 1.807) is 16.7 Å². The molecular formula is C21H23FN2O2. The van der Waals surface area contributed by atoms with Crippen molar-refractivity contribution in [2.45, 2.75) is 27.3 Å². The van der Waals surface area contributed by atoms with Gasteiger partial charge in [-0.05, 0) is 50.1 Å². The Labute approximate surface area is 153 Å². The van der Waals surface area contributed by atoms with Gasteiger partial charge >= 0.3 is 0 Å². The molecule has 0 radical (unpaired) electrons. The number of carbonyl (C=O) groups excluding carboxylic acids is 2. The van der Waals surface area contributed by atoms with Crippen LogP contribution in [0.1, 0.15) is 32.6 Å². The lowest BCUT2D eigenvalue weighted by molar-refractivity contribution is -0.135. The van der Waals surface area contributed by atoms with Crippen LogP contribution in [0.5, 0.6) is 0 Å². The highest BCUT2D eigenvalue weighted by molar-refractivity contribution is 5.98. The van der Waals surface area contributed by atoms with E-state index in [0.717, 1.165) is 5.56 Å². The van der Waals surface area contributed by atoms with Gasteiger partial charge in [-0.2, -0.15) is 0 Å². The highest BCUT2D eigenvalue weighted by atomic mass is 19.1. The van der Waals surface area contributed by atoms with E-state index in [1.807, 2.05) is 13.8 Å². The number of aryl methyl sites for hydroxylation is 3. The van der Waals surface area contributed by atoms with Gasteiger partial charge in [-0.3, -0.25) is 9.59 Å². The smallest absolute Gasteiger partial charge is 0.254 e. The molecule has 0 atom stereocenters. The second kappa shape index (κ2) is 7.28. The third-order valence-electron chi connectivity index (χ3n) is 4.68. The van der Waals surface area contributed by atoms with E-state index < -0.39 is 0 Å². The summed E-state index contributed by atoms with van der Waals surface area (Å²) in [6, 6.07) is 10.4. The van der Waals surface area contributed by atoms with Crippen molar-refractivity contribution in [2.75, 3.05) is 19.6 Å². The Kier molecular flexibility index (Phi) is 5.07. The first kappa shape index (κ1) is 18.1. The van der Waals surface area contributed by atoms with Crippen LogP contribution in [0.25, 0.3) is 0 Å². The van der Waals surface area contributed by atoms with E-state index in [1.165, 1.54) is 29.3 Å². The average Bonchev–Trinajstić information content (AvgIpc) is 2.55. The van der Waals surface area contributed by atoms with Gasteiger partial charge in [-0.1, -0.05) is 29.3 Å². The van der Waals surface area contributed by atoms with Crippen molar-refractivity contribution in [3.8, 4) is 0 Å². The third-order valence-corrected chi connectivity index (χ3v) is 4.68. The molecule has 2 amide bonds. The van der Waals surface area contributed by atoms with Crippen LogP contribution in [0.4, 0.5) is 4.39 Å². The zero-order chi connectivity index (χ0) is 18.8. The van der Waals surface area contributed by atoms with E-state index >= 15 is 0 Å². The van der Waals surface area contributed by atoms with Crippen LogP contribution in [0.15, 0.2) is 36.4 Å². The van der Waals surface area contributed by atoms with Crippen molar-refractivity contribution in [3.63, 3.8) is 0 Å². The van der Waals surface area contributed by atoms with Crippen molar-refractivity contribution in [2.24, 2.45) is 0 Å². The molecule has 2 aromatic carbocycles. The van der Waals surface area contributed by atoms with Crippen LogP contribution in [-0.4, -0.2) is 41.2 Å². The second-order valence-corrected chi connectivity index (χ2v) is 7.00. The predicted octanol–water partition coefficient (Wildman–Crippen LogP) is 3.24. The van der Waals surface area contributed by atoms with Crippen molar-refractivity contribution in [3.05, 3.63) is 70.0 Å². The van der Waals surface area contributed by atoms with Crippen LogP contribution >= 0.6 is 0 Å². The standard InChI is InChI=1S/C21H23FN2O2/c1-14-8-15(2)10-17(9-14)12-23-6-7-24(13-20(23)25)21(26)19-5-4-18(22)11-16(19)3/h4-5,8-11H,6-7,12-13H2,1-3H3. The van der Waals surface area contributed by atoms with Gasteiger partial charge < -0.3 is 9.80 Å². The first-order valence-corrected chi connectivity index (χ1v) is 8.74. The molecule has 0 aromatic heterocycles. The van der Waals surface area contributed by atoms with Gasteiger partial charge in [-0.25, -0.2) is 4.39 Å². The fourth-order valence-electron chi connectivity index (χ4n) is 3.47. The van der Waals surface area contributed by atoms with Crippen molar-refractivity contribution in [1.82, 2.24) is 9.80 Å². The van der Waals surface area contributed by atoms with Gasteiger partial charge in [0, 0.05) is 25.2 Å². The molecule has 0 bridgehead atoms. The van der Waals surface area contributed by atoms with Gasteiger partial charge in [-0.15, -0.1) is 0 Å². The Hall–Kier alpha value is -2.69. The molecule has 0 unspecified atom stereocenters. The van der Waals surface area contributed by atoms with Gasteiger partial charge in [0.1, 0.15) is 12.4 Å². The molecule has 4 nitrogen and oxygen atoms in total. The number of benzene rings is 2. The molecule has 5 heteroatoms. The number of amides is 2. The third kappa shape index (κ3) is 3.93. The summed E-state index contributed by atoms with van der Waals surface area (Å²) in [5, 5.41) is 0. The monoisotopic (exact) mass is 354 g/mol. The van der Waals surface area contributed by atoms with Crippen LogP contribution in [0, 0.1) is 26.6 Å². The SMILES string of the molecule is Cc1cc(C)cc(CN2CCN(C(=O)c3ccc(F)cc3C)CC2=O)c1. The Bertz CT molecular complexity index is 843. The maximum absolute atomic E-state index is 13.2. The summed E-state index contributed by atoms with van der Waals surface area (Å²) in [7, 11) is 0. The Balaban J connectivity index is 1.68. The number of carbonyl (C=O) groups is 2. The number of rotatable bonds is 3. The molecule has 0 saturated carbocycles. The zero-order valence-electron chi connectivity index (χ0n) is 15.4. The number of nitrogens with zero attached hydrogens (tertiary/aromatic N) is 2. The van der Waals surface area contributed by atoms with Crippen LogP contribution < -0.4 is 0 Å². The van der Waals surface area contributed by atoms with Gasteiger partial charge in [0.15, 0.2) is 0 Å². The summed E-state index contributed by atoms with van der Waals surface area (Å²) in [5.41, 5.74) is 4.48. The van der Waals surface area contributed by atoms with Crippen molar-refractivity contribution >= 4 is 11.8 Å². The van der Waals surface area contributed by atoms with E-state index in [-0.39, 0.29) is 24.2 Å². The summed E-state index contributed by atoms with van der Waals surface area (Å²) < 4.78 is 13.2. The molecule has 26 heavy (non-hydrogen) atoms. The second-order valence-electron chi connectivity index (χ2n) is 7.00. The maximum atomic E-state index is 13.2. The average molecular weight is 354 g/mol. The summed E-state index contributed by atoms with van der Waals surface area (Å²) >= 11 is 0. The first-order chi connectivity index (χ1) is 12.3. The quantitative estimate of drug-likeness (QED) is 0.849. The van der Waals surface area contributed by atoms with Gasteiger partial charge in [0.05, 0.1) is 0 Å². The minimum atomic E-state index is -0.367. The van der Waals surface area contributed by atoms with E-state index in [4.69, 9.17) is 0 Å². The lowest BCUT2D eigenvalue weighted by atomic mass is 10.1. The molecule has 0 spiro atoms. The number of hydrogen-bond acceptors (Lipinski definition) is 2. The Morgan fingerprint density at radius 1 is 1.04 bits per heavy atom. The predicted molar refractivity (Wildman–Crippen MR) is 98.4 cm³/mol.